The molecule has 4 aromatic rings. The van der Waals surface area contributed by atoms with E-state index >= 15 is 0 Å². The second kappa shape index (κ2) is 18.6. The molecule has 0 spiro atoms. The average molecular weight is 940 g/mol. The molecule has 0 radical (unpaired) electrons. The molecule has 6 amide bonds. The van der Waals surface area contributed by atoms with Crippen LogP contribution in [0.5, 0.6) is 0 Å². The molecule has 4 aliphatic heterocycles. The number of carbonyl (C=O) groups excluding carboxylic acids is 5. The number of halogens is 6. The molecular formula is C47H39F6N9O6. The van der Waals surface area contributed by atoms with E-state index in [4.69, 9.17) is 9.90 Å². The van der Waals surface area contributed by atoms with Gasteiger partial charge in [-0.05, 0) is 71.8 Å². The molecule has 2 N–H and O–H groups in total. The second-order valence-electron chi connectivity index (χ2n) is 16.7. The van der Waals surface area contributed by atoms with Crippen molar-refractivity contribution in [3.05, 3.63) is 153 Å². The predicted molar refractivity (Wildman–Crippen MR) is 228 cm³/mol. The number of hydrogen-bond donors (Lipinski definition) is 2. The predicted octanol–water partition coefficient (Wildman–Crippen LogP) is 5.34. The van der Waals surface area contributed by atoms with Gasteiger partial charge in [0.1, 0.15) is 0 Å². The van der Waals surface area contributed by atoms with Crippen LogP contribution in [0.4, 0.5) is 47.3 Å². The first-order valence-corrected chi connectivity index (χ1v) is 20.7. The van der Waals surface area contributed by atoms with Gasteiger partial charge in [0.05, 0.1) is 134 Å². The molecule has 4 heterocycles. The lowest BCUT2D eigenvalue weighted by Crippen LogP contribution is -2.50. The number of carbonyl (C=O) groups is 5. The van der Waals surface area contributed by atoms with Crippen LogP contribution in [-0.2, 0) is 26.7 Å². The Morgan fingerprint density at radius 1 is 0.647 bits per heavy atom. The Bertz CT molecular complexity index is 2640. The summed E-state index contributed by atoms with van der Waals surface area (Å²) in [6, 6.07) is 21.5. The zero-order valence-electron chi connectivity index (χ0n) is 36.1. The Kier molecular flexibility index (Phi) is 13.1. The number of likely N-dealkylation sites (N-methyl/N-ethyl adjacent to an activating group) is 1. The maximum Gasteiger partial charge on any atom is 0.416 e. The van der Waals surface area contributed by atoms with E-state index in [-0.39, 0.29) is 64.6 Å². The number of carboxylic acid groups (broad SMARTS) is 1. The molecule has 0 unspecified atom stereocenters. The van der Waals surface area contributed by atoms with Crippen LogP contribution in [-0.4, -0.2) is 98.0 Å². The molecular weight excluding hydrogens is 901 g/mol. The highest BCUT2D eigenvalue weighted by Gasteiger charge is 2.47. The van der Waals surface area contributed by atoms with Gasteiger partial charge in [0, 0.05) is 6.47 Å². The van der Waals surface area contributed by atoms with Gasteiger partial charge in [0.25, 0.3) is 11.8 Å². The highest BCUT2D eigenvalue weighted by molar-refractivity contribution is 6.08. The Morgan fingerprint density at radius 2 is 1.00 bits per heavy atom. The maximum absolute atomic E-state index is 14.3. The topological polar surface area (TPSA) is 193 Å². The SMILES string of the molecule is C[N+](C)(CCN1CC2=C(C1=O)[C@@H](c1ccc(C#N)cc1)NC(=O)N2c1cccc(C(F)(F)F)c1)CCN1CC2=C(C1=O)[C@@H](c1ccc(C#N)cc1)NC(=O)N2c1cccc(C(F)(F)F)c1.O=C[O-]. The van der Waals surface area contributed by atoms with Crippen LogP contribution in [0.2, 0.25) is 0 Å². The van der Waals surface area contributed by atoms with Gasteiger partial charge in [0.15, 0.2) is 0 Å². The molecule has 8 rings (SSSR count). The van der Waals surface area contributed by atoms with Crippen LogP contribution in [0.25, 0.3) is 0 Å². The van der Waals surface area contributed by atoms with Crippen LogP contribution in [0.1, 0.15) is 45.5 Å². The van der Waals surface area contributed by atoms with Crippen molar-refractivity contribution in [1.82, 2.24) is 20.4 Å². The number of hydrogen-bond acceptors (Lipinski definition) is 8. The zero-order valence-corrected chi connectivity index (χ0v) is 36.1. The van der Waals surface area contributed by atoms with Crippen molar-refractivity contribution in [2.24, 2.45) is 0 Å². The molecule has 0 aliphatic carbocycles. The van der Waals surface area contributed by atoms with E-state index in [0.29, 0.717) is 35.3 Å². The van der Waals surface area contributed by atoms with Gasteiger partial charge in [-0.1, -0.05) is 36.4 Å². The van der Waals surface area contributed by atoms with Gasteiger partial charge in [-0.2, -0.15) is 36.9 Å². The molecule has 4 aliphatic rings. The van der Waals surface area contributed by atoms with E-state index in [1.165, 1.54) is 58.3 Å². The third-order valence-corrected chi connectivity index (χ3v) is 12.0. The maximum atomic E-state index is 14.3. The van der Waals surface area contributed by atoms with Gasteiger partial charge >= 0.3 is 24.4 Å². The normalized spacial score (nSPS) is 18.3. The van der Waals surface area contributed by atoms with Gasteiger partial charge in [-0.3, -0.25) is 19.4 Å². The fourth-order valence-corrected chi connectivity index (χ4v) is 8.44. The van der Waals surface area contributed by atoms with Gasteiger partial charge in [0.2, 0.25) is 0 Å². The number of anilines is 2. The first-order chi connectivity index (χ1) is 32.2. The van der Waals surface area contributed by atoms with Crippen molar-refractivity contribution in [3.63, 3.8) is 0 Å². The standard InChI is InChI=1S/C46H37F6N9O4.CH2O2/c1-61(2,19-17-57-25-35-37(41(57)62)39(29-13-9-27(23-53)10-14-29)55-43(64)59(35)33-7-3-5-31(21-33)45(47,48)49)20-18-58-26-36-38(42(58)63)40(30-15-11-28(24-54)12-16-30)56-44(65)60(36)34-8-4-6-32(22-34)46(50,51)52;2-1-3/h3-16,21-22,39-40H,17-20,25-26H2,1-2H3,(H-,55,56,64,65);1H,(H,2,3)/t39-,40-;/m1./s1. The lowest BCUT2D eigenvalue weighted by atomic mass is 9.94. The number of quaternary nitrogens is 1. The van der Waals surface area contributed by atoms with E-state index in [0.717, 1.165) is 34.1 Å². The first kappa shape index (κ1) is 47.8. The van der Waals surface area contributed by atoms with E-state index < -0.39 is 65.9 Å². The minimum atomic E-state index is -4.70. The number of benzene rings is 4. The van der Waals surface area contributed by atoms with Crippen molar-refractivity contribution in [2.75, 3.05) is 63.2 Å². The Labute approximate surface area is 384 Å². The summed E-state index contributed by atoms with van der Waals surface area (Å²) in [6.45, 7) is 0.115. The van der Waals surface area contributed by atoms with Crippen molar-refractivity contribution in [1.29, 1.82) is 10.5 Å². The fourth-order valence-electron chi connectivity index (χ4n) is 8.44. The number of nitrogens with zero attached hydrogens (tertiary/aromatic N) is 7. The van der Waals surface area contributed by atoms with Crippen molar-refractivity contribution in [2.45, 2.75) is 24.4 Å². The Hall–Kier alpha value is -8.17. The van der Waals surface area contributed by atoms with Crippen LogP contribution in [0, 0.1) is 22.7 Å². The molecule has 2 atom stereocenters. The molecule has 0 aromatic heterocycles. The van der Waals surface area contributed by atoms with Crippen LogP contribution in [0.3, 0.4) is 0 Å². The number of rotatable bonds is 10. The summed E-state index contributed by atoms with van der Waals surface area (Å²) in [7, 11) is 3.72. The molecule has 0 bridgehead atoms. The van der Waals surface area contributed by atoms with E-state index in [1.54, 1.807) is 24.3 Å². The van der Waals surface area contributed by atoms with Crippen LogP contribution >= 0.6 is 0 Å². The number of nitrogens with one attached hydrogen (secondary N) is 2. The average Bonchev–Trinajstić information content (AvgIpc) is 3.81. The van der Waals surface area contributed by atoms with Crippen molar-refractivity contribution >= 4 is 41.7 Å². The molecule has 15 nitrogen and oxygen atoms in total. The third-order valence-electron chi connectivity index (χ3n) is 12.0. The van der Waals surface area contributed by atoms with E-state index in [1.807, 2.05) is 26.2 Å². The quantitative estimate of drug-likeness (QED) is 0.121. The Morgan fingerprint density at radius 3 is 1.32 bits per heavy atom. The molecule has 68 heavy (non-hydrogen) atoms. The molecule has 0 saturated carbocycles. The molecule has 21 heteroatoms. The van der Waals surface area contributed by atoms with Crippen molar-refractivity contribution < 1.29 is 59.9 Å². The zero-order chi connectivity index (χ0) is 49.3. The third kappa shape index (κ3) is 9.55. The summed E-state index contributed by atoms with van der Waals surface area (Å²) in [5.74, 6) is -0.919. The first-order valence-electron chi connectivity index (χ1n) is 20.7. The van der Waals surface area contributed by atoms with Crippen molar-refractivity contribution in [3.8, 4) is 12.1 Å². The number of nitriles is 2. The number of alkyl halides is 6. The highest BCUT2D eigenvalue weighted by atomic mass is 19.4. The minimum absolute atomic E-state index is 0.0922. The number of urea groups is 2. The van der Waals surface area contributed by atoms with E-state index in [9.17, 15) is 56.0 Å². The van der Waals surface area contributed by atoms with Gasteiger partial charge in [-0.25, -0.2) is 9.59 Å². The van der Waals surface area contributed by atoms with Gasteiger partial charge < -0.3 is 34.8 Å². The van der Waals surface area contributed by atoms with E-state index in [2.05, 4.69) is 10.6 Å². The lowest BCUT2D eigenvalue weighted by molar-refractivity contribution is -0.889. The van der Waals surface area contributed by atoms with Crippen LogP contribution < -0.4 is 25.5 Å². The summed E-state index contributed by atoms with van der Waals surface area (Å²) in [5.41, 5.74) is 0.194. The summed E-state index contributed by atoms with van der Waals surface area (Å²) >= 11 is 0. The molecule has 0 saturated heterocycles. The lowest BCUT2D eigenvalue weighted by Gasteiger charge is -2.34. The molecule has 4 aromatic carbocycles. The monoisotopic (exact) mass is 939 g/mol. The van der Waals surface area contributed by atoms with Gasteiger partial charge in [-0.15, -0.1) is 0 Å². The van der Waals surface area contributed by atoms with Crippen LogP contribution in [0.15, 0.2) is 120 Å². The smallest absolute Gasteiger partial charge is 0.416 e. The summed E-state index contributed by atoms with van der Waals surface area (Å²) in [6.07, 6.45) is -9.41. The molecule has 350 valence electrons. The summed E-state index contributed by atoms with van der Waals surface area (Å²) < 4.78 is 83.0. The summed E-state index contributed by atoms with van der Waals surface area (Å²) in [5, 5.41) is 32.5. The largest absolute Gasteiger partial charge is 0.554 e. The summed E-state index contributed by atoms with van der Waals surface area (Å²) in [4.78, 5) is 69.6. The highest BCUT2D eigenvalue weighted by Crippen LogP contribution is 2.42. The minimum Gasteiger partial charge on any atom is -0.554 e. The Balaban J connectivity index is 0.00000222. The fraction of sp³-hybridized carbons (Fsp3) is 0.255. The second-order valence-corrected chi connectivity index (χ2v) is 16.7. The molecule has 0 fully saturated rings. The number of amides is 6.